The topological polar surface area (TPSA) is 67.6 Å². The number of benzene rings is 1. The van der Waals surface area contributed by atoms with Gasteiger partial charge in [-0.25, -0.2) is 5.84 Å². The maximum atomic E-state index is 11.5. The minimum absolute atomic E-state index is 0.307. The van der Waals surface area contributed by atoms with Gasteiger partial charge >= 0.3 is 0 Å². The number of nitrogens with zero attached hydrogens (tertiary/aromatic N) is 1. The van der Waals surface area contributed by atoms with E-state index < -0.39 is 0 Å². The molecule has 116 valence electrons. The SMILES string of the molecule is CC1CCCC(C)N1CCOc1cccc(C(=O)NN)c1. The van der Waals surface area contributed by atoms with E-state index in [0.717, 1.165) is 6.54 Å². The van der Waals surface area contributed by atoms with Crippen molar-refractivity contribution in [1.82, 2.24) is 10.3 Å². The number of amides is 1. The first-order chi connectivity index (χ1) is 10.1. The lowest BCUT2D eigenvalue weighted by atomic mass is 9.98. The number of likely N-dealkylation sites (tertiary alicyclic amines) is 1. The third-order valence-electron chi connectivity index (χ3n) is 4.22. The molecule has 0 spiro atoms. The van der Waals surface area contributed by atoms with Crippen LogP contribution in [0.15, 0.2) is 24.3 Å². The van der Waals surface area contributed by atoms with Gasteiger partial charge in [-0.1, -0.05) is 12.5 Å². The van der Waals surface area contributed by atoms with E-state index in [2.05, 4.69) is 24.2 Å². The number of carbonyl (C=O) groups excluding carboxylic acids is 1. The standard InChI is InChI=1S/C16H25N3O2/c1-12-5-3-6-13(2)19(12)9-10-21-15-8-4-7-14(11-15)16(20)18-17/h4,7-8,11-13H,3,5-6,9-10,17H2,1-2H3,(H,18,20). The molecule has 1 fully saturated rings. The lowest BCUT2D eigenvalue weighted by Crippen LogP contribution is -2.45. The largest absolute Gasteiger partial charge is 0.492 e. The minimum atomic E-state index is -0.307. The average molecular weight is 291 g/mol. The molecule has 1 aromatic carbocycles. The van der Waals surface area contributed by atoms with Crippen LogP contribution in [0.3, 0.4) is 0 Å². The molecule has 2 unspecified atom stereocenters. The Morgan fingerprint density at radius 1 is 1.38 bits per heavy atom. The third kappa shape index (κ3) is 4.19. The van der Waals surface area contributed by atoms with Crippen molar-refractivity contribution in [2.75, 3.05) is 13.2 Å². The number of carbonyl (C=O) groups is 1. The summed E-state index contributed by atoms with van der Waals surface area (Å²) in [7, 11) is 0. The fourth-order valence-corrected chi connectivity index (χ4v) is 2.99. The molecule has 0 radical (unpaired) electrons. The lowest BCUT2D eigenvalue weighted by Gasteiger charge is -2.38. The van der Waals surface area contributed by atoms with Gasteiger partial charge < -0.3 is 4.74 Å². The van der Waals surface area contributed by atoms with Crippen LogP contribution in [0.5, 0.6) is 5.75 Å². The van der Waals surface area contributed by atoms with Crippen LogP contribution in [0.25, 0.3) is 0 Å². The molecule has 5 nitrogen and oxygen atoms in total. The van der Waals surface area contributed by atoms with E-state index in [1.165, 1.54) is 19.3 Å². The molecule has 5 heteroatoms. The van der Waals surface area contributed by atoms with Gasteiger partial charge in [-0.2, -0.15) is 0 Å². The zero-order valence-electron chi connectivity index (χ0n) is 12.8. The highest BCUT2D eigenvalue weighted by atomic mass is 16.5. The zero-order chi connectivity index (χ0) is 15.2. The summed E-state index contributed by atoms with van der Waals surface area (Å²) in [6.45, 7) is 6.10. The molecule has 0 bridgehead atoms. The fraction of sp³-hybridized carbons (Fsp3) is 0.562. The highest BCUT2D eigenvalue weighted by molar-refractivity contribution is 5.94. The molecule has 21 heavy (non-hydrogen) atoms. The van der Waals surface area contributed by atoms with Crippen molar-refractivity contribution in [2.24, 2.45) is 5.84 Å². The van der Waals surface area contributed by atoms with Crippen LogP contribution in [0.1, 0.15) is 43.5 Å². The molecule has 0 aromatic heterocycles. The van der Waals surface area contributed by atoms with Gasteiger partial charge in [0.2, 0.25) is 0 Å². The van der Waals surface area contributed by atoms with E-state index in [0.29, 0.717) is 30.0 Å². The summed E-state index contributed by atoms with van der Waals surface area (Å²) in [6.07, 6.45) is 3.84. The van der Waals surface area contributed by atoms with Gasteiger partial charge in [0.15, 0.2) is 0 Å². The molecule has 1 saturated heterocycles. The van der Waals surface area contributed by atoms with E-state index in [9.17, 15) is 4.79 Å². The third-order valence-corrected chi connectivity index (χ3v) is 4.22. The van der Waals surface area contributed by atoms with Crippen molar-refractivity contribution in [3.63, 3.8) is 0 Å². The Morgan fingerprint density at radius 3 is 2.76 bits per heavy atom. The maximum Gasteiger partial charge on any atom is 0.265 e. The monoisotopic (exact) mass is 291 g/mol. The summed E-state index contributed by atoms with van der Waals surface area (Å²) < 4.78 is 5.78. The van der Waals surface area contributed by atoms with Crippen LogP contribution in [-0.4, -0.2) is 36.0 Å². The molecule has 1 aliphatic rings. The Bertz CT molecular complexity index is 468. The van der Waals surface area contributed by atoms with Crippen LogP contribution >= 0.6 is 0 Å². The molecule has 1 aliphatic heterocycles. The number of hydrazine groups is 1. The molecular weight excluding hydrogens is 266 g/mol. The molecule has 0 saturated carbocycles. The average Bonchev–Trinajstić information content (AvgIpc) is 2.50. The maximum absolute atomic E-state index is 11.5. The number of nitrogens with one attached hydrogen (secondary N) is 1. The number of nitrogens with two attached hydrogens (primary N) is 1. The molecule has 1 aromatic rings. The Hall–Kier alpha value is -1.59. The zero-order valence-corrected chi connectivity index (χ0v) is 12.8. The van der Waals surface area contributed by atoms with Gasteiger partial charge in [0, 0.05) is 24.2 Å². The van der Waals surface area contributed by atoms with Crippen LogP contribution in [0.4, 0.5) is 0 Å². The molecule has 0 aliphatic carbocycles. The number of hydrogen-bond donors (Lipinski definition) is 2. The van der Waals surface area contributed by atoms with E-state index in [4.69, 9.17) is 10.6 Å². The predicted octanol–water partition coefficient (Wildman–Crippen LogP) is 1.93. The van der Waals surface area contributed by atoms with Crippen molar-refractivity contribution in [3.05, 3.63) is 29.8 Å². The van der Waals surface area contributed by atoms with Crippen LogP contribution < -0.4 is 16.0 Å². The van der Waals surface area contributed by atoms with E-state index in [1.807, 2.05) is 6.07 Å². The molecule has 1 amide bonds. The highest BCUT2D eigenvalue weighted by Gasteiger charge is 2.24. The fourth-order valence-electron chi connectivity index (χ4n) is 2.99. The van der Waals surface area contributed by atoms with Crippen LogP contribution in [-0.2, 0) is 0 Å². The second-order valence-electron chi connectivity index (χ2n) is 5.72. The van der Waals surface area contributed by atoms with Crippen LogP contribution in [0.2, 0.25) is 0 Å². The first-order valence-electron chi connectivity index (χ1n) is 7.61. The van der Waals surface area contributed by atoms with Gasteiger partial charge in [-0.3, -0.25) is 15.1 Å². The number of rotatable bonds is 5. The summed E-state index contributed by atoms with van der Waals surface area (Å²) >= 11 is 0. The predicted molar refractivity (Wildman–Crippen MR) is 83.1 cm³/mol. The van der Waals surface area contributed by atoms with Gasteiger partial charge in [0.25, 0.3) is 5.91 Å². The van der Waals surface area contributed by atoms with E-state index >= 15 is 0 Å². The first kappa shape index (κ1) is 15.8. The molecule has 2 atom stereocenters. The second kappa shape index (κ2) is 7.43. The van der Waals surface area contributed by atoms with Crippen molar-refractivity contribution in [3.8, 4) is 5.75 Å². The Balaban J connectivity index is 1.87. The van der Waals surface area contributed by atoms with Crippen molar-refractivity contribution in [2.45, 2.75) is 45.2 Å². The molecular formula is C16H25N3O2. The number of nitrogen functional groups attached to an aromatic ring is 1. The summed E-state index contributed by atoms with van der Waals surface area (Å²) in [5, 5.41) is 0. The van der Waals surface area contributed by atoms with Crippen molar-refractivity contribution in [1.29, 1.82) is 0 Å². The van der Waals surface area contributed by atoms with Gasteiger partial charge in [0.1, 0.15) is 12.4 Å². The Labute approximate surface area is 126 Å². The van der Waals surface area contributed by atoms with E-state index in [1.54, 1.807) is 18.2 Å². The summed E-state index contributed by atoms with van der Waals surface area (Å²) in [6, 6.07) is 8.32. The summed E-state index contributed by atoms with van der Waals surface area (Å²) in [5.74, 6) is 5.53. The van der Waals surface area contributed by atoms with Gasteiger partial charge in [-0.15, -0.1) is 0 Å². The molecule has 1 heterocycles. The number of ether oxygens (including phenoxy) is 1. The van der Waals surface area contributed by atoms with Crippen LogP contribution in [0, 0.1) is 0 Å². The van der Waals surface area contributed by atoms with E-state index in [-0.39, 0.29) is 5.91 Å². The normalized spacial score (nSPS) is 22.8. The second-order valence-corrected chi connectivity index (χ2v) is 5.72. The highest BCUT2D eigenvalue weighted by Crippen LogP contribution is 2.22. The first-order valence-corrected chi connectivity index (χ1v) is 7.61. The lowest BCUT2D eigenvalue weighted by molar-refractivity contribution is 0.0851. The minimum Gasteiger partial charge on any atom is -0.492 e. The van der Waals surface area contributed by atoms with Crippen molar-refractivity contribution >= 4 is 5.91 Å². The van der Waals surface area contributed by atoms with Gasteiger partial charge in [-0.05, 0) is 44.9 Å². The smallest absolute Gasteiger partial charge is 0.265 e. The quantitative estimate of drug-likeness (QED) is 0.494. The summed E-state index contributed by atoms with van der Waals surface area (Å²) in [5.41, 5.74) is 2.63. The number of piperidine rings is 1. The summed E-state index contributed by atoms with van der Waals surface area (Å²) in [4.78, 5) is 14.0. The van der Waals surface area contributed by atoms with Gasteiger partial charge in [0.05, 0.1) is 0 Å². The Morgan fingerprint density at radius 2 is 2.10 bits per heavy atom. The Kier molecular flexibility index (Phi) is 5.59. The van der Waals surface area contributed by atoms with Crippen molar-refractivity contribution < 1.29 is 9.53 Å². The molecule has 2 rings (SSSR count). The number of hydrogen-bond acceptors (Lipinski definition) is 4. The molecule has 3 N–H and O–H groups in total.